The van der Waals surface area contributed by atoms with E-state index < -0.39 is 23.6 Å². The highest BCUT2D eigenvalue weighted by molar-refractivity contribution is 5.94. The first-order valence-corrected chi connectivity index (χ1v) is 9.36. The molecule has 2 aromatic rings. The second-order valence-corrected chi connectivity index (χ2v) is 7.10. The Bertz CT molecular complexity index is 954. The summed E-state index contributed by atoms with van der Waals surface area (Å²) in [6.45, 7) is 1.91. The Morgan fingerprint density at radius 1 is 1.25 bits per heavy atom. The van der Waals surface area contributed by atoms with Crippen molar-refractivity contribution in [1.29, 1.82) is 0 Å². The van der Waals surface area contributed by atoms with Crippen molar-refractivity contribution in [3.63, 3.8) is 0 Å². The number of aromatic nitrogens is 3. The smallest absolute Gasteiger partial charge is 0.475 e. The van der Waals surface area contributed by atoms with Crippen LogP contribution in [0.5, 0.6) is 5.88 Å². The van der Waals surface area contributed by atoms with Gasteiger partial charge in [-0.15, -0.1) is 0 Å². The fourth-order valence-corrected chi connectivity index (χ4v) is 3.37. The molecule has 1 amide bonds. The molecule has 4 rings (SSSR count). The summed E-state index contributed by atoms with van der Waals surface area (Å²) < 4.78 is 56.8. The number of rotatable bonds is 4. The van der Waals surface area contributed by atoms with Gasteiger partial charge in [-0.1, -0.05) is 0 Å². The van der Waals surface area contributed by atoms with Crippen molar-refractivity contribution >= 4 is 11.9 Å². The van der Waals surface area contributed by atoms with Gasteiger partial charge in [-0.3, -0.25) is 4.79 Å². The third kappa shape index (κ3) is 5.28. The van der Waals surface area contributed by atoms with Gasteiger partial charge in [-0.2, -0.15) is 23.4 Å². The normalized spacial score (nSPS) is 19.0. The van der Waals surface area contributed by atoms with E-state index in [1.165, 1.54) is 30.7 Å². The minimum absolute atomic E-state index is 0.000309. The van der Waals surface area contributed by atoms with E-state index in [9.17, 15) is 22.4 Å². The highest BCUT2D eigenvalue weighted by Crippen LogP contribution is 2.40. The number of carbonyl (C=O) groups is 2. The van der Waals surface area contributed by atoms with E-state index in [-0.39, 0.29) is 17.7 Å². The van der Waals surface area contributed by atoms with Gasteiger partial charge < -0.3 is 19.5 Å². The highest BCUT2D eigenvalue weighted by Gasteiger charge is 2.54. The van der Waals surface area contributed by atoms with E-state index in [1.54, 1.807) is 11.0 Å². The molecule has 4 heterocycles. The minimum atomic E-state index is -5.08. The molecule has 0 radical (unpaired) electrons. The second kappa shape index (κ2) is 9.42. The molecule has 2 aliphatic heterocycles. The number of alkyl halides is 3. The molecule has 9 nitrogen and oxygen atoms in total. The number of nitrogens with zero attached hydrogens (tertiary/aromatic N) is 4. The van der Waals surface area contributed by atoms with E-state index in [2.05, 4.69) is 15.2 Å². The Kier molecular flexibility index (Phi) is 6.87. The monoisotopic (exact) mass is 458 g/mol. The lowest BCUT2D eigenvalue weighted by atomic mass is 9.81. The van der Waals surface area contributed by atoms with Gasteiger partial charge in [0.2, 0.25) is 5.88 Å². The van der Waals surface area contributed by atoms with Gasteiger partial charge in [0.25, 0.3) is 5.91 Å². The Morgan fingerprint density at radius 3 is 2.56 bits per heavy atom. The molecule has 1 atom stereocenters. The topological polar surface area (TPSA) is 115 Å². The third-order valence-corrected chi connectivity index (χ3v) is 5.02. The van der Waals surface area contributed by atoms with Crippen LogP contribution in [0.15, 0.2) is 36.8 Å². The average Bonchev–Trinajstić information content (AvgIpc) is 3.16. The number of pyridine rings is 1. The number of carbonyl (C=O) groups excluding carboxylic acids is 1. The van der Waals surface area contributed by atoms with Crippen LogP contribution in [-0.4, -0.2) is 75.1 Å². The van der Waals surface area contributed by atoms with Crippen molar-refractivity contribution in [1.82, 2.24) is 20.1 Å². The molecule has 2 saturated heterocycles. The molecule has 32 heavy (non-hydrogen) atoms. The van der Waals surface area contributed by atoms with Crippen LogP contribution in [0, 0.1) is 11.7 Å². The van der Waals surface area contributed by atoms with Gasteiger partial charge in [-0.25, -0.2) is 14.2 Å². The van der Waals surface area contributed by atoms with E-state index >= 15 is 0 Å². The summed E-state index contributed by atoms with van der Waals surface area (Å²) in [6, 6.07) is 4.47. The molecule has 1 spiro atoms. The number of carboxylic acids is 1. The van der Waals surface area contributed by atoms with Crippen LogP contribution in [0.2, 0.25) is 0 Å². The molecule has 13 heteroatoms. The maximum absolute atomic E-state index is 13.6. The van der Waals surface area contributed by atoms with E-state index in [0.29, 0.717) is 31.9 Å². The molecular formula is C19H18F4N4O5. The summed E-state index contributed by atoms with van der Waals surface area (Å²) in [7, 11) is 0. The first-order valence-electron chi connectivity index (χ1n) is 9.36. The fraction of sp³-hybridized carbons (Fsp3) is 0.421. The lowest BCUT2D eigenvalue weighted by molar-refractivity contribution is -0.192. The van der Waals surface area contributed by atoms with Crippen molar-refractivity contribution in [3.8, 4) is 5.88 Å². The summed E-state index contributed by atoms with van der Waals surface area (Å²) in [5, 5.41) is 14.5. The second-order valence-electron chi connectivity index (χ2n) is 7.10. The lowest BCUT2D eigenvalue weighted by Crippen LogP contribution is -2.66. The molecule has 0 bridgehead atoms. The molecule has 1 unspecified atom stereocenters. The molecule has 2 aliphatic rings. The molecule has 2 aromatic heterocycles. The van der Waals surface area contributed by atoms with E-state index in [0.717, 1.165) is 6.42 Å². The number of aliphatic carboxylic acids is 1. The van der Waals surface area contributed by atoms with Crippen LogP contribution < -0.4 is 4.74 Å². The zero-order valence-electron chi connectivity index (χ0n) is 16.5. The molecule has 0 aliphatic carbocycles. The van der Waals surface area contributed by atoms with Gasteiger partial charge in [0.1, 0.15) is 5.60 Å². The van der Waals surface area contributed by atoms with Crippen LogP contribution in [0.25, 0.3) is 0 Å². The maximum atomic E-state index is 13.6. The number of halogens is 4. The summed E-state index contributed by atoms with van der Waals surface area (Å²) >= 11 is 0. The predicted octanol–water partition coefficient (Wildman–Crippen LogP) is 1.95. The highest BCUT2D eigenvalue weighted by atomic mass is 19.4. The van der Waals surface area contributed by atoms with Crippen molar-refractivity contribution in [2.24, 2.45) is 5.92 Å². The third-order valence-electron chi connectivity index (χ3n) is 5.02. The number of amides is 1. The Hall–Kier alpha value is -3.35. The van der Waals surface area contributed by atoms with Gasteiger partial charge in [-0.05, 0) is 24.6 Å². The van der Waals surface area contributed by atoms with Crippen molar-refractivity contribution in [2.75, 3.05) is 26.3 Å². The van der Waals surface area contributed by atoms with E-state index in [1.807, 2.05) is 0 Å². The molecular weight excluding hydrogens is 440 g/mol. The summed E-state index contributed by atoms with van der Waals surface area (Å²) in [5.74, 6) is -3.24. The fourth-order valence-electron chi connectivity index (χ4n) is 3.37. The zero-order valence-corrected chi connectivity index (χ0v) is 16.5. The van der Waals surface area contributed by atoms with Gasteiger partial charge in [0.05, 0.1) is 37.7 Å². The Morgan fingerprint density at radius 2 is 1.97 bits per heavy atom. The maximum Gasteiger partial charge on any atom is 0.490 e. The predicted molar refractivity (Wildman–Crippen MR) is 98.1 cm³/mol. The van der Waals surface area contributed by atoms with Crippen LogP contribution in [0.1, 0.15) is 16.8 Å². The number of hydrogen-bond acceptors (Lipinski definition) is 7. The first kappa shape index (κ1) is 23.3. The standard InChI is InChI=1S/C17H17FN4O3.C2HF3O2/c18-14-2-1-5-19-15(14)24-9-13-4-7-25-17(13)10-22(11-17)16(23)12-3-6-20-21-8-12;3-2(4,5)1(6)7/h1-3,5-6,8,13H,4,7,9-11H2;(H,6,7). The SMILES string of the molecule is O=C(O)C(F)(F)F.O=C(c1ccnnc1)N1CC2(C1)OCCC2COc1ncccc1F. The molecule has 0 saturated carbocycles. The van der Waals surface area contributed by atoms with Crippen molar-refractivity contribution in [2.45, 2.75) is 18.2 Å². The van der Waals surface area contributed by atoms with Crippen molar-refractivity contribution < 1.29 is 41.7 Å². The largest absolute Gasteiger partial charge is 0.490 e. The van der Waals surface area contributed by atoms with Crippen LogP contribution in [-0.2, 0) is 9.53 Å². The number of likely N-dealkylation sites (tertiary alicyclic amines) is 1. The van der Waals surface area contributed by atoms with E-state index in [4.69, 9.17) is 19.4 Å². The number of hydrogen-bond donors (Lipinski definition) is 1. The van der Waals surface area contributed by atoms with Crippen molar-refractivity contribution in [3.05, 3.63) is 48.2 Å². The van der Waals surface area contributed by atoms with Gasteiger partial charge in [0.15, 0.2) is 5.82 Å². The quantitative estimate of drug-likeness (QED) is 0.692. The summed E-state index contributed by atoms with van der Waals surface area (Å²) in [6.07, 6.45) is 0.166. The number of carboxylic acid groups (broad SMARTS) is 1. The molecule has 2 fully saturated rings. The first-order chi connectivity index (χ1) is 15.1. The zero-order chi connectivity index (χ0) is 23.4. The molecule has 0 aromatic carbocycles. The number of ether oxygens (including phenoxy) is 2. The minimum Gasteiger partial charge on any atom is -0.475 e. The summed E-state index contributed by atoms with van der Waals surface area (Å²) in [5.41, 5.74) is 0.0904. The molecule has 1 N–H and O–H groups in total. The molecule has 172 valence electrons. The van der Waals surface area contributed by atoms with Crippen LogP contribution in [0.3, 0.4) is 0 Å². The Labute approximate surface area is 179 Å². The lowest BCUT2D eigenvalue weighted by Gasteiger charge is -2.50. The van der Waals surface area contributed by atoms with Gasteiger partial charge >= 0.3 is 12.1 Å². The van der Waals surface area contributed by atoms with Crippen LogP contribution >= 0.6 is 0 Å². The average molecular weight is 458 g/mol. The van der Waals surface area contributed by atoms with Crippen LogP contribution in [0.4, 0.5) is 17.6 Å². The summed E-state index contributed by atoms with van der Waals surface area (Å²) in [4.78, 5) is 26.9. The van der Waals surface area contributed by atoms with Gasteiger partial charge in [0, 0.05) is 18.7 Å². The Balaban J connectivity index is 0.000000360.